The average Bonchev–Trinajstić information content (AvgIpc) is 2.01. The summed E-state index contributed by atoms with van der Waals surface area (Å²) in [5, 5.41) is 0. The maximum absolute atomic E-state index is 5.62. The van der Waals surface area contributed by atoms with E-state index in [1.807, 2.05) is 19.2 Å². The van der Waals surface area contributed by atoms with Gasteiger partial charge in [0.25, 0.3) is 0 Å². The van der Waals surface area contributed by atoms with Crippen LogP contribution in [0.1, 0.15) is 20.8 Å². The minimum Gasteiger partial charge on any atom is -0.384 e. The predicted molar refractivity (Wildman–Crippen MR) is 61.4 cm³/mol. The van der Waals surface area contributed by atoms with E-state index in [1.165, 1.54) is 0 Å². The average molecular weight is 193 g/mol. The van der Waals surface area contributed by atoms with Crippen LogP contribution in [0.4, 0.5) is 11.6 Å². The summed E-state index contributed by atoms with van der Waals surface area (Å²) in [4.78, 5) is 6.38. The summed E-state index contributed by atoms with van der Waals surface area (Å²) in [6, 6.07) is 5.70. The first kappa shape index (κ1) is 10.8. The third kappa shape index (κ3) is 3.24. The third-order valence-corrected chi connectivity index (χ3v) is 1.86. The van der Waals surface area contributed by atoms with Crippen LogP contribution in [0.5, 0.6) is 0 Å². The highest BCUT2D eigenvalue weighted by atomic mass is 15.2. The normalized spacial score (nSPS) is 11.4. The largest absolute Gasteiger partial charge is 0.384 e. The fourth-order valence-corrected chi connectivity index (χ4v) is 1.44. The quantitative estimate of drug-likeness (QED) is 0.782. The van der Waals surface area contributed by atoms with Crippen molar-refractivity contribution in [3.63, 3.8) is 0 Å². The molecule has 0 unspecified atom stereocenters. The summed E-state index contributed by atoms with van der Waals surface area (Å²) in [5.41, 5.74) is 5.89. The monoisotopic (exact) mass is 193 g/mol. The van der Waals surface area contributed by atoms with Gasteiger partial charge in [-0.15, -0.1) is 0 Å². The Labute approximate surface area is 85.9 Å². The number of aromatic nitrogens is 1. The van der Waals surface area contributed by atoms with Crippen LogP contribution >= 0.6 is 0 Å². The van der Waals surface area contributed by atoms with Crippen molar-refractivity contribution in [2.24, 2.45) is 5.41 Å². The molecule has 0 amide bonds. The Morgan fingerprint density at radius 2 is 2.00 bits per heavy atom. The molecule has 1 aromatic rings. The molecule has 0 aliphatic rings. The minimum absolute atomic E-state index is 0.265. The Balaban J connectivity index is 2.74. The van der Waals surface area contributed by atoms with Crippen molar-refractivity contribution < 1.29 is 0 Å². The highest BCUT2D eigenvalue weighted by molar-refractivity contribution is 5.44. The molecule has 0 aliphatic carbocycles. The first-order valence-corrected chi connectivity index (χ1v) is 4.82. The van der Waals surface area contributed by atoms with Crippen LogP contribution in [0, 0.1) is 5.41 Å². The van der Waals surface area contributed by atoms with Crippen molar-refractivity contribution in [2.75, 3.05) is 24.2 Å². The van der Waals surface area contributed by atoms with Crippen LogP contribution in [0.3, 0.4) is 0 Å². The minimum atomic E-state index is 0.265. The number of nitrogens with two attached hydrogens (primary N) is 1. The molecular formula is C11H19N3. The van der Waals surface area contributed by atoms with Gasteiger partial charge in [0, 0.05) is 13.6 Å². The number of hydrogen-bond acceptors (Lipinski definition) is 3. The molecule has 78 valence electrons. The van der Waals surface area contributed by atoms with Crippen LogP contribution in [-0.4, -0.2) is 18.6 Å². The van der Waals surface area contributed by atoms with E-state index >= 15 is 0 Å². The Morgan fingerprint density at radius 1 is 1.36 bits per heavy atom. The first-order valence-electron chi connectivity index (χ1n) is 4.82. The molecular weight excluding hydrogens is 174 g/mol. The molecule has 3 heteroatoms. The number of anilines is 2. The molecule has 0 spiro atoms. The number of hydrogen-bond donors (Lipinski definition) is 1. The van der Waals surface area contributed by atoms with E-state index < -0.39 is 0 Å². The lowest BCUT2D eigenvalue weighted by atomic mass is 9.96. The van der Waals surface area contributed by atoms with Gasteiger partial charge in [-0.05, 0) is 17.5 Å². The summed E-state index contributed by atoms with van der Waals surface area (Å²) in [7, 11) is 2.03. The second-order valence-electron chi connectivity index (χ2n) is 4.84. The maximum Gasteiger partial charge on any atom is 0.130 e. The molecule has 1 rings (SSSR count). The van der Waals surface area contributed by atoms with Gasteiger partial charge in [0.05, 0.1) is 0 Å². The van der Waals surface area contributed by atoms with E-state index in [0.717, 1.165) is 12.4 Å². The number of rotatable bonds is 2. The van der Waals surface area contributed by atoms with Gasteiger partial charge < -0.3 is 10.6 Å². The maximum atomic E-state index is 5.62. The van der Waals surface area contributed by atoms with Crippen LogP contribution in [0.2, 0.25) is 0 Å². The molecule has 0 aromatic carbocycles. The molecule has 0 radical (unpaired) electrons. The Bertz CT molecular complexity index is 302. The highest BCUT2D eigenvalue weighted by Crippen LogP contribution is 2.18. The fourth-order valence-electron chi connectivity index (χ4n) is 1.44. The second kappa shape index (κ2) is 3.86. The Hall–Kier alpha value is -1.25. The van der Waals surface area contributed by atoms with Gasteiger partial charge in [0.1, 0.15) is 11.6 Å². The van der Waals surface area contributed by atoms with E-state index in [0.29, 0.717) is 5.82 Å². The van der Waals surface area contributed by atoms with Crippen molar-refractivity contribution in [3.8, 4) is 0 Å². The number of pyridine rings is 1. The van der Waals surface area contributed by atoms with Crippen LogP contribution in [-0.2, 0) is 0 Å². The lowest BCUT2D eigenvalue weighted by Crippen LogP contribution is -2.29. The van der Waals surface area contributed by atoms with Gasteiger partial charge in [-0.25, -0.2) is 4.98 Å². The summed E-state index contributed by atoms with van der Waals surface area (Å²) in [6.45, 7) is 7.57. The smallest absolute Gasteiger partial charge is 0.130 e. The van der Waals surface area contributed by atoms with E-state index in [9.17, 15) is 0 Å². The molecule has 1 heterocycles. The highest BCUT2D eigenvalue weighted by Gasteiger charge is 2.14. The molecule has 14 heavy (non-hydrogen) atoms. The summed E-state index contributed by atoms with van der Waals surface area (Å²) in [5.74, 6) is 1.50. The van der Waals surface area contributed by atoms with Gasteiger partial charge >= 0.3 is 0 Å². The van der Waals surface area contributed by atoms with Crippen molar-refractivity contribution in [3.05, 3.63) is 18.2 Å². The lowest BCUT2D eigenvalue weighted by Gasteiger charge is -2.27. The third-order valence-electron chi connectivity index (χ3n) is 1.86. The topological polar surface area (TPSA) is 42.1 Å². The summed E-state index contributed by atoms with van der Waals surface area (Å²) in [6.07, 6.45) is 0. The van der Waals surface area contributed by atoms with Crippen LogP contribution in [0.25, 0.3) is 0 Å². The molecule has 0 fully saturated rings. The molecule has 1 aromatic heterocycles. The molecule has 2 N–H and O–H groups in total. The van der Waals surface area contributed by atoms with E-state index in [2.05, 4.69) is 30.7 Å². The zero-order valence-electron chi connectivity index (χ0n) is 9.41. The lowest BCUT2D eigenvalue weighted by molar-refractivity contribution is 0.418. The zero-order chi connectivity index (χ0) is 10.8. The molecule has 0 saturated carbocycles. The Kier molecular flexibility index (Phi) is 2.99. The standard InChI is InChI=1S/C11H19N3/c1-11(2,3)8-14(4)10-7-5-6-9(12)13-10/h5-7H,8H2,1-4H3,(H2,12,13). The van der Waals surface area contributed by atoms with Gasteiger partial charge in [-0.1, -0.05) is 26.8 Å². The van der Waals surface area contributed by atoms with E-state index in [-0.39, 0.29) is 5.41 Å². The van der Waals surface area contributed by atoms with Crippen LogP contribution < -0.4 is 10.6 Å². The molecule has 0 atom stereocenters. The van der Waals surface area contributed by atoms with Gasteiger partial charge in [0.2, 0.25) is 0 Å². The predicted octanol–water partition coefficient (Wildman–Crippen LogP) is 2.15. The van der Waals surface area contributed by atoms with Crippen LogP contribution in [0.15, 0.2) is 18.2 Å². The van der Waals surface area contributed by atoms with Crippen molar-refractivity contribution in [1.29, 1.82) is 0 Å². The van der Waals surface area contributed by atoms with E-state index in [1.54, 1.807) is 6.07 Å². The van der Waals surface area contributed by atoms with Crippen molar-refractivity contribution in [2.45, 2.75) is 20.8 Å². The van der Waals surface area contributed by atoms with Crippen molar-refractivity contribution >= 4 is 11.6 Å². The van der Waals surface area contributed by atoms with Crippen molar-refractivity contribution in [1.82, 2.24) is 4.98 Å². The van der Waals surface area contributed by atoms with E-state index in [4.69, 9.17) is 5.73 Å². The Morgan fingerprint density at radius 3 is 2.50 bits per heavy atom. The van der Waals surface area contributed by atoms with Gasteiger partial charge in [-0.3, -0.25) is 0 Å². The second-order valence-corrected chi connectivity index (χ2v) is 4.84. The summed E-state index contributed by atoms with van der Waals surface area (Å²) < 4.78 is 0. The molecule has 0 saturated heterocycles. The number of nitrogens with zero attached hydrogens (tertiary/aromatic N) is 2. The zero-order valence-corrected chi connectivity index (χ0v) is 9.41. The summed E-state index contributed by atoms with van der Waals surface area (Å²) >= 11 is 0. The van der Waals surface area contributed by atoms with Gasteiger partial charge in [0.15, 0.2) is 0 Å². The molecule has 0 bridgehead atoms. The first-order chi connectivity index (χ1) is 6.38. The van der Waals surface area contributed by atoms with Gasteiger partial charge in [-0.2, -0.15) is 0 Å². The SMILES string of the molecule is CN(CC(C)(C)C)c1cccc(N)n1. The number of nitrogen functional groups attached to an aromatic ring is 1. The molecule has 3 nitrogen and oxygen atoms in total. The fraction of sp³-hybridized carbons (Fsp3) is 0.545. The molecule has 0 aliphatic heterocycles.